The summed E-state index contributed by atoms with van der Waals surface area (Å²) in [6.07, 6.45) is 1.96. The van der Waals surface area contributed by atoms with E-state index in [1.807, 2.05) is 61.5 Å². The first-order valence-electron chi connectivity index (χ1n) is 9.61. The smallest absolute Gasteiger partial charge is 0.314 e. The summed E-state index contributed by atoms with van der Waals surface area (Å²) in [6, 6.07) is 17.2. The molecule has 0 spiro atoms. The van der Waals surface area contributed by atoms with Crippen LogP contribution in [0.5, 0.6) is 0 Å². The topological polar surface area (TPSA) is 59.8 Å². The number of para-hydroxylation sites is 1. The first-order chi connectivity index (χ1) is 13.2. The number of piperidine rings is 1. The van der Waals surface area contributed by atoms with Crippen LogP contribution in [0.1, 0.15) is 35.7 Å². The molecule has 5 nitrogen and oxygen atoms in total. The van der Waals surface area contributed by atoms with E-state index in [0.717, 1.165) is 38.2 Å². The highest BCUT2D eigenvalue weighted by Gasteiger charge is 2.29. The van der Waals surface area contributed by atoms with E-state index in [-0.39, 0.29) is 17.8 Å². The highest BCUT2D eigenvalue weighted by Crippen LogP contribution is 2.12. The molecule has 1 aliphatic heterocycles. The van der Waals surface area contributed by atoms with Crippen LogP contribution in [-0.4, -0.2) is 31.6 Å². The lowest BCUT2D eigenvalue weighted by molar-refractivity contribution is -0.921. The number of carbonyl (C=O) groups is 2. The summed E-state index contributed by atoms with van der Waals surface area (Å²) >= 11 is 0. The summed E-state index contributed by atoms with van der Waals surface area (Å²) in [5, 5.41) is 2.89. The minimum Gasteiger partial charge on any atom is -0.466 e. The van der Waals surface area contributed by atoms with Crippen LogP contribution < -0.4 is 10.2 Å². The number of likely N-dealkylation sites (tertiary alicyclic amines) is 1. The Morgan fingerprint density at radius 3 is 2.56 bits per heavy atom. The third-order valence-electron chi connectivity index (χ3n) is 4.94. The maximum Gasteiger partial charge on any atom is 0.314 e. The van der Waals surface area contributed by atoms with E-state index in [4.69, 9.17) is 4.74 Å². The fraction of sp³-hybridized carbons (Fsp3) is 0.364. The molecule has 1 fully saturated rings. The first kappa shape index (κ1) is 19.1. The second-order valence-electron chi connectivity index (χ2n) is 6.99. The number of ether oxygens (including phenoxy) is 1. The van der Waals surface area contributed by atoms with Gasteiger partial charge in [0.25, 0.3) is 5.91 Å². The molecule has 27 heavy (non-hydrogen) atoms. The predicted octanol–water partition coefficient (Wildman–Crippen LogP) is 2.30. The summed E-state index contributed by atoms with van der Waals surface area (Å²) in [5.74, 6) is -0.173. The molecule has 0 aromatic heterocycles. The summed E-state index contributed by atoms with van der Waals surface area (Å²) in [6.45, 7) is 5.02. The fourth-order valence-corrected chi connectivity index (χ4v) is 3.56. The average molecular weight is 367 g/mol. The van der Waals surface area contributed by atoms with Gasteiger partial charge in [0.1, 0.15) is 12.5 Å². The molecule has 1 amide bonds. The minimum atomic E-state index is -0.111. The summed E-state index contributed by atoms with van der Waals surface area (Å²) in [5.41, 5.74) is 2.60. The van der Waals surface area contributed by atoms with Gasteiger partial charge >= 0.3 is 5.97 Å². The van der Waals surface area contributed by atoms with Crippen molar-refractivity contribution in [2.24, 2.45) is 5.92 Å². The molecule has 0 aliphatic carbocycles. The van der Waals surface area contributed by atoms with Gasteiger partial charge in [-0.1, -0.05) is 30.3 Å². The van der Waals surface area contributed by atoms with Crippen LogP contribution >= 0.6 is 0 Å². The first-order valence-corrected chi connectivity index (χ1v) is 9.61. The number of quaternary nitrogens is 1. The standard InChI is InChI=1S/C22H26N2O3/c1-2-27-22(26)19-7-6-14-24(16-19)15-17-10-12-18(13-11-17)21(25)23-20-8-4-3-5-9-20/h3-5,8-13,19H,2,6-7,14-16H2,1H3,(H,23,25)/p+1/t19-/m1/s1. The summed E-state index contributed by atoms with van der Waals surface area (Å²) in [7, 11) is 0. The molecule has 5 heteroatoms. The van der Waals surface area contributed by atoms with Crippen molar-refractivity contribution in [3.8, 4) is 0 Å². The zero-order valence-corrected chi connectivity index (χ0v) is 15.7. The molecular weight excluding hydrogens is 340 g/mol. The Morgan fingerprint density at radius 1 is 1.11 bits per heavy atom. The van der Waals surface area contributed by atoms with E-state index in [1.165, 1.54) is 10.5 Å². The quantitative estimate of drug-likeness (QED) is 0.770. The largest absolute Gasteiger partial charge is 0.466 e. The third-order valence-corrected chi connectivity index (χ3v) is 4.94. The van der Waals surface area contributed by atoms with E-state index in [1.54, 1.807) is 0 Å². The summed E-state index contributed by atoms with van der Waals surface area (Å²) < 4.78 is 5.17. The molecule has 142 valence electrons. The minimum absolute atomic E-state index is 0.00428. The molecule has 1 saturated heterocycles. The van der Waals surface area contributed by atoms with Gasteiger partial charge in [-0.2, -0.15) is 0 Å². The highest BCUT2D eigenvalue weighted by molar-refractivity contribution is 6.04. The number of rotatable bonds is 6. The van der Waals surface area contributed by atoms with Crippen LogP contribution in [-0.2, 0) is 16.1 Å². The Labute approximate surface area is 160 Å². The summed E-state index contributed by atoms with van der Waals surface area (Å²) in [4.78, 5) is 25.7. The Kier molecular flexibility index (Phi) is 6.60. The van der Waals surface area contributed by atoms with E-state index in [9.17, 15) is 9.59 Å². The van der Waals surface area contributed by atoms with Crippen molar-refractivity contribution >= 4 is 17.6 Å². The highest BCUT2D eigenvalue weighted by atomic mass is 16.5. The van der Waals surface area contributed by atoms with Gasteiger partial charge in [0.05, 0.1) is 19.7 Å². The zero-order chi connectivity index (χ0) is 19.1. The van der Waals surface area contributed by atoms with Gasteiger partial charge in [0, 0.05) is 16.8 Å². The molecule has 1 aliphatic rings. The van der Waals surface area contributed by atoms with Gasteiger partial charge < -0.3 is 15.0 Å². The molecule has 0 saturated carbocycles. The van der Waals surface area contributed by atoms with Crippen LogP contribution in [0.3, 0.4) is 0 Å². The molecule has 2 aromatic rings. The molecule has 0 bridgehead atoms. The van der Waals surface area contributed by atoms with Gasteiger partial charge in [-0.3, -0.25) is 9.59 Å². The molecule has 2 atom stereocenters. The van der Waals surface area contributed by atoms with Crippen LogP contribution in [0.2, 0.25) is 0 Å². The number of benzene rings is 2. The van der Waals surface area contributed by atoms with Gasteiger partial charge in [-0.15, -0.1) is 0 Å². The molecule has 1 heterocycles. The van der Waals surface area contributed by atoms with Crippen LogP contribution in [0.25, 0.3) is 0 Å². The molecule has 3 rings (SSSR count). The normalized spacial score (nSPS) is 19.3. The molecule has 1 unspecified atom stereocenters. The molecule has 2 N–H and O–H groups in total. The Morgan fingerprint density at radius 2 is 1.85 bits per heavy atom. The predicted molar refractivity (Wildman–Crippen MR) is 105 cm³/mol. The Hall–Kier alpha value is -2.66. The van der Waals surface area contributed by atoms with Gasteiger partial charge in [0.15, 0.2) is 0 Å². The number of hydrogen-bond donors (Lipinski definition) is 2. The van der Waals surface area contributed by atoms with E-state index < -0.39 is 0 Å². The van der Waals surface area contributed by atoms with Gasteiger partial charge in [0.2, 0.25) is 0 Å². The Bertz CT molecular complexity index is 759. The van der Waals surface area contributed by atoms with Gasteiger partial charge in [-0.05, 0) is 44.0 Å². The lowest BCUT2D eigenvalue weighted by atomic mass is 9.97. The number of esters is 1. The van der Waals surface area contributed by atoms with Crippen LogP contribution in [0.15, 0.2) is 54.6 Å². The van der Waals surface area contributed by atoms with Crippen molar-refractivity contribution in [3.05, 3.63) is 65.7 Å². The van der Waals surface area contributed by atoms with Crippen LogP contribution in [0.4, 0.5) is 5.69 Å². The van der Waals surface area contributed by atoms with E-state index >= 15 is 0 Å². The van der Waals surface area contributed by atoms with Crippen molar-refractivity contribution < 1.29 is 19.2 Å². The van der Waals surface area contributed by atoms with Crippen molar-refractivity contribution in [2.45, 2.75) is 26.3 Å². The number of anilines is 1. The second kappa shape index (κ2) is 9.33. The Balaban J connectivity index is 1.55. The maximum absolute atomic E-state index is 12.3. The lowest BCUT2D eigenvalue weighted by Gasteiger charge is -2.28. The van der Waals surface area contributed by atoms with Crippen molar-refractivity contribution in [2.75, 3.05) is 25.0 Å². The SMILES string of the molecule is CCOC(=O)[C@@H]1CCC[NH+](Cc2ccc(C(=O)Nc3ccccc3)cc2)C1. The van der Waals surface area contributed by atoms with Crippen molar-refractivity contribution in [3.63, 3.8) is 0 Å². The second-order valence-corrected chi connectivity index (χ2v) is 6.99. The van der Waals surface area contributed by atoms with E-state index in [2.05, 4.69) is 5.32 Å². The fourth-order valence-electron chi connectivity index (χ4n) is 3.56. The molecule has 0 radical (unpaired) electrons. The zero-order valence-electron chi connectivity index (χ0n) is 15.7. The number of amides is 1. The third kappa shape index (κ3) is 5.41. The van der Waals surface area contributed by atoms with Crippen LogP contribution in [0, 0.1) is 5.92 Å². The monoisotopic (exact) mass is 367 g/mol. The molecule has 2 aromatic carbocycles. The molecular formula is C22H27N2O3+. The maximum atomic E-state index is 12.3. The van der Waals surface area contributed by atoms with Crippen molar-refractivity contribution in [1.82, 2.24) is 0 Å². The van der Waals surface area contributed by atoms with E-state index in [0.29, 0.717) is 12.2 Å². The lowest BCUT2D eigenvalue weighted by Crippen LogP contribution is -3.12. The average Bonchev–Trinajstić information content (AvgIpc) is 2.70. The number of nitrogens with one attached hydrogen (secondary N) is 2. The number of carbonyl (C=O) groups excluding carboxylic acids is 2. The van der Waals surface area contributed by atoms with Gasteiger partial charge in [-0.25, -0.2) is 0 Å². The number of hydrogen-bond acceptors (Lipinski definition) is 3. The van der Waals surface area contributed by atoms with Crippen molar-refractivity contribution in [1.29, 1.82) is 0 Å².